The van der Waals surface area contributed by atoms with Gasteiger partial charge in [-0.25, -0.2) is 0 Å². The van der Waals surface area contributed by atoms with Crippen LogP contribution in [0.3, 0.4) is 0 Å². The van der Waals surface area contributed by atoms with Gasteiger partial charge >= 0.3 is 5.97 Å². The van der Waals surface area contributed by atoms with Gasteiger partial charge in [-0.15, -0.1) is 0 Å². The standard InChI is InChI=1S/C11H10Cl2O2/c1-11(5-7(11)10(14)15)6-2-3-8(12)9(13)4-6/h2-4,7H,5H2,1H3,(H,14,15). The fraction of sp³-hybridized carbons (Fsp3) is 0.364. The van der Waals surface area contributed by atoms with E-state index in [9.17, 15) is 4.79 Å². The second-order valence-electron chi connectivity index (χ2n) is 4.14. The molecule has 1 N–H and O–H groups in total. The lowest BCUT2D eigenvalue weighted by atomic mass is 9.95. The Labute approximate surface area is 97.8 Å². The maximum atomic E-state index is 10.8. The summed E-state index contributed by atoms with van der Waals surface area (Å²) < 4.78 is 0. The number of hydrogen-bond acceptors (Lipinski definition) is 1. The van der Waals surface area contributed by atoms with E-state index in [-0.39, 0.29) is 11.3 Å². The van der Waals surface area contributed by atoms with Gasteiger partial charge in [0, 0.05) is 5.41 Å². The smallest absolute Gasteiger partial charge is 0.307 e. The molecule has 1 aliphatic carbocycles. The van der Waals surface area contributed by atoms with Crippen LogP contribution in [0.2, 0.25) is 10.0 Å². The Morgan fingerprint density at radius 3 is 2.60 bits per heavy atom. The zero-order valence-electron chi connectivity index (χ0n) is 8.13. The Kier molecular flexibility index (Phi) is 2.44. The zero-order chi connectivity index (χ0) is 11.2. The molecule has 2 atom stereocenters. The highest BCUT2D eigenvalue weighted by atomic mass is 35.5. The first kappa shape index (κ1) is 10.8. The molecule has 0 bridgehead atoms. The van der Waals surface area contributed by atoms with Crippen LogP contribution < -0.4 is 0 Å². The molecular weight excluding hydrogens is 235 g/mol. The van der Waals surface area contributed by atoms with Crippen molar-refractivity contribution in [3.05, 3.63) is 33.8 Å². The quantitative estimate of drug-likeness (QED) is 0.867. The van der Waals surface area contributed by atoms with Gasteiger partial charge in [0.1, 0.15) is 0 Å². The predicted octanol–water partition coefficient (Wildman–Crippen LogP) is 3.36. The van der Waals surface area contributed by atoms with Gasteiger partial charge < -0.3 is 5.11 Å². The van der Waals surface area contributed by atoms with Crippen LogP contribution in [0, 0.1) is 5.92 Å². The topological polar surface area (TPSA) is 37.3 Å². The third kappa shape index (κ3) is 1.72. The molecule has 0 amide bonds. The van der Waals surface area contributed by atoms with Gasteiger partial charge in [0.15, 0.2) is 0 Å². The number of benzene rings is 1. The highest BCUT2D eigenvalue weighted by Gasteiger charge is 2.55. The summed E-state index contributed by atoms with van der Waals surface area (Å²) in [7, 11) is 0. The van der Waals surface area contributed by atoms with E-state index >= 15 is 0 Å². The normalized spacial score (nSPS) is 28.9. The van der Waals surface area contributed by atoms with Gasteiger partial charge in [0.2, 0.25) is 0 Å². The summed E-state index contributed by atoms with van der Waals surface area (Å²) in [5.41, 5.74) is 0.671. The molecule has 1 fully saturated rings. The lowest BCUT2D eigenvalue weighted by molar-refractivity contribution is -0.138. The van der Waals surface area contributed by atoms with Gasteiger partial charge in [-0.3, -0.25) is 4.79 Å². The van der Waals surface area contributed by atoms with E-state index in [4.69, 9.17) is 28.3 Å². The second-order valence-corrected chi connectivity index (χ2v) is 4.96. The molecule has 2 nitrogen and oxygen atoms in total. The minimum absolute atomic E-state index is 0.278. The van der Waals surface area contributed by atoms with E-state index in [1.54, 1.807) is 12.1 Å². The molecular formula is C11H10Cl2O2. The first-order chi connectivity index (χ1) is 6.95. The van der Waals surface area contributed by atoms with Gasteiger partial charge in [0.05, 0.1) is 16.0 Å². The molecule has 4 heteroatoms. The summed E-state index contributed by atoms with van der Waals surface area (Å²) in [4.78, 5) is 10.8. The Morgan fingerprint density at radius 2 is 2.13 bits per heavy atom. The molecule has 2 unspecified atom stereocenters. The Morgan fingerprint density at radius 1 is 1.47 bits per heavy atom. The van der Waals surface area contributed by atoms with Crippen molar-refractivity contribution in [3.8, 4) is 0 Å². The highest BCUT2D eigenvalue weighted by Crippen LogP contribution is 2.54. The van der Waals surface area contributed by atoms with Crippen molar-refractivity contribution in [1.29, 1.82) is 0 Å². The first-order valence-corrected chi connectivity index (χ1v) is 5.39. The van der Waals surface area contributed by atoms with E-state index in [2.05, 4.69) is 0 Å². The summed E-state index contributed by atoms with van der Waals surface area (Å²) in [5.74, 6) is -1.04. The van der Waals surface area contributed by atoms with Crippen LogP contribution in [0.25, 0.3) is 0 Å². The predicted molar refractivity (Wildman–Crippen MR) is 59.6 cm³/mol. The molecule has 0 aliphatic heterocycles. The number of carboxylic acid groups (broad SMARTS) is 1. The zero-order valence-corrected chi connectivity index (χ0v) is 9.64. The summed E-state index contributed by atoms with van der Waals surface area (Å²) in [5, 5.41) is 9.89. The molecule has 80 valence electrons. The maximum Gasteiger partial charge on any atom is 0.307 e. The van der Waals surface area contributed by atoms with E-state index in [0.717, 1.165) is 5.56 Å². The number of carboxylic acids is 1. The summed E-state index contributed by atoms with van der Waals surface area (Å²) >= 11 is 11.7. The molecule has 0 aromatic heterocycles. The monoisotopic (exact) mass is 244 g/mol. The fourth-order valence-corrected chi connectivity index (χ4v) is 2.19. The van der Waals surface area contributed by atoms with Crippen LogP contribution in [-0.4, -0.2) is 11.1 Å². The van der Waals surface area contributed by atoms with Crippen molar-refractivity contribution in [3.63, 3.8) is 0 Å². The molecule has 1 saturated carbocycles. The number of aliphatic carboxylic acids is 1. The molecule has 0 spiro atoms. The van der Waals surface area contributed by atoms with Gasteiger partial charge in [-0.1, -0.05) is 36.2 Å². The third-order valence-electron chi connectivity index (χ3n) is 3.11. The van der Waals surface area contributed by atoms with E-state index in [1.807, 2.05) is 13.0 Å². The van der Waals surface area contributed by atoms with Gasteiger partial charge in [-0.2, -0.15) is 0 Å². The minimum Gasteiger partial charge on any atom is -0.481 e. The van der Waals surface area contributed by atoms with Crippen molar-refractivity contribution in [2.24, 2.45) is 5.92 Å². The number of hydrogen-bond donors (Lipinski definition) is 1. The molecule has 0 heterocycles. The third-order valence-corrected chi connectivity index (χ3v) is 3.85. The summed E-state index contributed by atoms with van der Waals surface area (Å²) in [6.45, 7) is 1.94. The lowest BCUT2D eigenvalue weighted by Crippen LogP contribution is -2.10. The average Bonchev–Trinajstić information content (AvgIpc) is 2.84. The Bertz CT molecular complexity index is 431. The van der Waals surface area contributed by atoms with Crippen LogP contribution in [0.1, 0.15) is 18.9 Å². The lowest BCUT2D eigenvalue weighted by Gasteiger charge is -2.11. The van der Waals surface area contributed by atoms with Crippen LogP contribution in [0.5, 0.6) is 0 Å². The minimum atomic E-state index is -0.747. The molecule has 0 saturated heterocycles. The van der Waals surface area contributed by atoms with Crippen molar-refractivity contribution >= 4 is 29.2 Å². The Balaban J connectivity index is 2.32. The van der Waals surface area contributed by atoms with Crippen molar-refractivity contribution in [1.82, 2.24) is 0 Å². The molecule has 1 aliphatic rings. The first-order valence-electron chi connectivity index (χ1n) is 4.63. The average molecular weight is 245 g/mol. The van der Waals surface area contributed by atoms with Gasteiger partial charge in [-0.05, 0) is 24.1 Å². The van der Waals surface area contributed by atoms with Crippen LogP contribution >= 0.6 is 23.2 Å². The molecule has 2 rings (SSSR count). The Hall–Kier alpha value is -0.730. The highest BCUT2D eigenvalue weighted by molar-refractivity contribution is 6.42. The van der Waals surface area contributed by atoms with E-state index in [1.165, 1.54) is 0 Å². The van der Waals surface area contributed by atoms with Crippen molar-refractivity contribution in [2.45, 2.75) is 18.8 Å². The number of halogens is 2. The molecule has 15 heavy (non-hydrogen) atoms. The summed E-state index contributed by atoms with van der Waals surface area (Å²) in [6, 6.07) is 5.31. The van der Waals surface area contributed by atoms with Crippen molar-refractivity contribution in [2.75, 3.05) is 0 Å². The largest absolute Gasteiger partial charge is 0.481 e. The number of rotatable bonds is 2. The summed E-state index contributed by atoms with van der Waals surface area (Å²) in [6.07, 6.45) is 0.667. The van der Waals surface area contributed by atoms with Crippen LogP contribution in [0.4, 0.5) is 0 Å². The molecule has 1 aromatic carbocycles. The fourth-order valence-electron chi connectivity index (χ4n) is 1.90. The second kappa shape index (κ2) is 3.39. The molecule has 1 aromatic rings. The van der Waals surface area contributed by atoms with E-state index < -0.39 is 5.97 Å². The maximum absolute atomic E-state index is 10.8. The van der Waals surface area contributed by atoms with E-state index in [0.29, 0.717) is 16.5 Å². The van der Waals surface area contributed by atoms with Gasteiger partial charge in [0.25, 0.3) is 0 Å². The molecule has 0 radical (unpaired) electrons. The SMILES string of the molecule is CC1(c2ccc(Cl)c(Cl)c2)CC1C(=O)O. The number of carbonyl (C=O) groups is 1. The van der Waals surface area contributed by atoms with Crippen LogP contribution in [-0.2, 0) is 10.2 Å². The van der Waals surface area contributed by atoms with Crippen LogP contribution in [0.15, 0.2) is 18.2 Å². The van der Waals surface area contributed by atoms with Crippen molar-refractivity contribution < 1.29 is 9.90 Å².